The van der Waals surface area contributed by atoms with E-state index in [0.29, 0.717) is 40.7 Å². The third-order valence-corrected chi connectivity index (χ3v) is 8.71. The Kier molecular flexibility index (Phi) is 9.97. The molecule has 0 bridgehead atoms. The highest BCUT2D eigenvalue weighted by molar-refractivity contribution is 6.42. The number of rotatable bonds is 7. The Morgan fingerprint density at radius 2 is 1.51 bits per heavy atom. The molecule has 2 heterocycles. The zero-order valence-electron chi connectivity index (χ0n) is 21.9. The normalized spacial score (nSPS) is 23.7. The van der Waals surface area contributed by atoms with Gasteiger partial charge < -0.3 is 19.6 Å². The predicted octanol–water partition coefficient (Wildman–Crippen LogP) is 6.55. The molecule has 5 rings (SSSR count). The molecule has 2 aliphatic heterocycles. The van der Waals surface area contributed by atoms with Crippen molar-refractivity contribution in [1.29, 1.82) is 0 Å². The van der Waals surface area contributed by atoms with E-state index in [9.17, 15) is 9.90 Å². The lowest BCUT2D eigenvalue weighted by Crippen LogP contribution is -2.63. The lowest BCUT2D eigenvalue weighted by molar-refractivity contribution is -0.226. The molecular formula is C31H35Cl3N2O3. The van der Waals surface area contributed by atoms with Gasteiger partial charge in [0.25, 0.3) is 5.91 Å². The van der Waals surface area contributed by atoms with Gasteiger partial charge in [0.05, 0.1) is 23.2 Å². The minimum absolute atomic E-state index is 0. The molecule has 0 saturated carbocycles. The van der Waals surface area contributed by atoms with Crippen LogP contribution in [0.15, 0.2) is 78.9 Å². The SMILES string of the molecule is Cl.O=C(c1ccccc1)N1CCC(O)(c2ccccc2)C(OCCN2CCCCC2)(c2ccc(Cl)c(Cl)c2)C1. The van der Waals surface area contributed by atoms with Crippen LogP contribution in [0.2, 0.25) is 10.0 Å². The highest BCUT2D eigenvalue weighted by Gasteiger charge is 2.58. The number of hydrogen-bond acceptors (Lipinski definition) is 4. The van der Waals surface area contributed by atoms with E-state index < -0.39 is 11.2 Å². The molecule has 39 heavy (non-hydrogen) atoms. The summed E-state index contributed by atoms with van der Waals surface area (Å²) in [5.41, 5.74) is -0.616. The van der Waals surface area contributed by atoms with Gasteiger partial charge in [-0.15, -0.1) is 12.4 Å². The fraction of sp³-hybridized carbons (Fsp3) is 0.387. The minimum atomic E-state index is -1.40. The molecule has 2 unspecified atom stereocenters. The molecule has 208 valence electrons. The maximum Gasteiger partial charge on any atom is 0.253 e. The topological polar surface area (TPSA) is 53.0 Å². The van der Waals surface area contributed by atoms with Gasteiger partial charge in [-0.2, -0.15) is 0 Å². The maximum absolute atomic E-state index is 13.6. The quantitative estimate of drug-likeness (QED) is 0.340. The standard InChI is InChI=1S/C31H34Cl2N2O3.ClH/c32-27-15-14-26(22-28(27)33)31(38-21-20-34-17-8-3-9-18-34)23-35(29(36)24-10-4-1-5-11-24)19-16-30(31,37)25-12-6-2-7-13-25;/h1-2,4-7,10-15,22,37H,3,8-9,16-21,23H2;1H. The van der Waals surface area contributed by atoms with Crippen LogP contribution in [0.5, 0.6) is 0 Å². The molecule has 1 amide bonds. The van der Waals surface area contributed by atoms with E-state index in [4.69, 9.17) is 27.9 Å². The monoisotopic (exact) mass is 588 g/mol. The molecule has 1 N–H and O–H groups in total. The molecule has 8 heteroatoms. The number of likely N-dealkylation sites (tertiary alicyclic amines) is 2. The third kappa shape index (κ3) is 6.14. The number of halogens is 3. The Morgan fingerprint density at radius 1 is 0.846 bits per heavy atom. The molecule has 0 spiro atoms. The number of benzene rings is 3. The molecule has 0 radical (unpaired) electrons. The van der Waals surface area contributed by atoms with Crippen molar-refractivity contribution in [3.05, 3.63) is 106 Å². The first-order valence-electron chi connectivity index (χ1n) is 13.4. The van der Waals surface area contributed by atoms with Crippen molar-refractivity contribution in [2.75, 3.05) is 39.3 Å². The van der Waals surface area contributed by atoms with Gasteiger partial charge in [-0.05, 0) is 61.3 Å². The number of ether oxygens (including phenoxy) is 1. The van der Waals surface area contributed by atoms with E-state index in [-0.39, 0.29) is 24.9 Å². The third-order valence-electron chi connectivity index (χ3n) is 7.98. The summed E-state index contributed by atoms with van der Waals surface area (Å²) < 4.78 is 6.85. The average Bonchev–Trinajstić information content (AvgIpc) is 2.96. The highest BCUT2D eigenvalue weighted by atomic mass is 35.5. The first-order valence-corrected chi connectivity index (χ1v) is 14.1. The fourth-order valence-corrected chi connectivity index (χ4v) is 6.16. The van der Waals surface area contributed by atoms with Crippen molar-refractivity contribution in [2.24, 2.45) is 0 Å². The van der Waals surface area contributed by atoms with Gasteiger partial charge in [0.2, 0.25) is 0 Å². The van der Waals surface area contributed by atoms with Crippen LogP contribution in [0, 0.1) is 0 Å². The lowest BCUT2D eigenvalue weighted by atomic mass is 9.68. The first-order chi connectivity index (χ1) is 18.4. The molecule has 3 aromatic rings. The molecular weight excluding hydrogens is 555 g/mol. The number of carbonyl (C=O) groups excluding carboxylic acids is 1. The fourth-order valence-electron chi connectivity index (χ4n) is 5.86. The van der Waals surface area contributed by atoms with Gasteiger partial charge >= 0.3 is 0 Å². The summed E-state index contributed by atoms with van der Waals surface area (Å²) in [4.78, 5) is 17.8. The van der Waals surface area contributed by atoms with Gasteiger partial charge in [0, 0.05) is 25.1 Å². The Morgan fingerprint density at radius 3 is 2.18 bits per heavy atom. The number of nitrogens with zero attached hydrogens (tertiary/aromatic N) is 2. The van der Waals surface area contributed by atoms with Crippen molar-refractivity contribution < 1.29 is 14.6 Å². The van der Waals surface area contributed by atoms with Crippen molar-refractivity contribution in [1.82, 2.24) is 9.80 Å². The van der Waals surface area contributed by atoms with Crippen molar-refractivity contribution in [2.45, 2.75) is 36.9 Å². The molecule has 2 atom stereocenters. The van der Waals surface area contributed by atoms with Crippen LogP contribution in [0.3, 0.4) is 0 Å². The summed E-state index contributed by atoms with van der Waals surface area (Å²) in [6.45, 7) is 3.81. The van der Waals surface area contributed by atoms with Gasteiger partial charge in [-0.1, -0.05) is 84.2 Å². The zero-order valence-corrected chi connectivity index (χ0v) is 24.2. The lowest BCUT2D eigenvalue weighted by Gasteiger charge is -2.54. The second-order valence-corrected chi connectivity index (χ2v) is 11.1. The minimum Gasteiger partial charge on any atom is -0.382 e. The molecule has 2 saturated heterocycles. The summed E-state index contributed by atoms with van der Waals surface area (Å²) in [6, 6.07) is 24.2. The van der Waals surface area contributed by atoms with E-state index >= 15 is 0 Å². The van der Waals surface area contributed by atoms with Crippen LogP contribution in [0.1, 0.15) is 47.2 Å². The Labute approximate surface area is 247 Å². The number of carbonyl (C=O) groups is 1. The van der Waals surface area contributed by atoms with E-state index in [1.165, 1.54) is 19.3 Å². The van der Waals surface area contributed by atoms with Crippen molar-refractivity contribution in [3.63, 3.8) is 0 Å². The van der Waals surface area contributed by atoms with Crippen LogP contribution in [0.4, 0.5) is 0 Å². The van der Waals surface area contributed by atoms with Crippen LogP contribution in [-0.2, 0) is 15.9 Å². The molecule has 2 fully saturated rings. The Bertz CT molecular complexity index is 1240. The zero-order chi connectivity index (χ0) is 26.6. The average molecular weight is 590 g/mol. The first kappa shape index (κ1) is 29.9. The molecule has 3 aromatic carbocycles. The smallest absolute Gasteiger partial charge is 0.253 e. The number of amides is 1. The van der Waals surface area contributed by atoms with Gasteiger partial charge in [0.15, 0.2) is 0 Å². The van der Waals surface area contributed by atoms with E-state index in [1.807, 2.05) is 66.7 Å². The van der Waals surface area contributed by atoms with Crippen LogP contribution in [0.25, 0.3) is 0 Å². The van der Waals surface area contributed by atoms with Crippen LogP contribution < -0.4 is 0 Å². The Hall–Kier alpha value is -2.12. The van der Waals surface area contributed by atoms with Gasteiger partial charge in [0.1, 0.15) is 11.2 Å². The summed E-state index contributed by atoms with van der Waals surface area (Å²) in [7, 11) is 0. The van der Waals surface area contributed by atoms with Crippen LogP contribution >= 0.6 is 35.6 Å². The van der Waals surface area contributed by atoms with E-state index in [1.54, 1.807) is 17.0 Å². The second kappa shape index (κ2) is 13.0. The van der Waals surface area contributed by atoms with Crippen LogP contribution in [-0.4, -0.2) is 60.1 Å². The van der Waals surface area contributed by atoms with E-state index in [0.717, 1.165) is 25.2 Å². The molecule has 5 nitrogen and oxygen atoms in total. The van der Waals surface area contributed by atoms with Gasteiger partial charge in [-0.25, -0.2) is 0 Å². The molecule has 0 aliphatic carbocycles. The number of aliphatic hydroxyl groups is 1. The van der Waals surface area contributed by atoms with Crippen molar-refractivity contribution in [3.8, 4) is 0 Å². The highest BCUT2D eigenvalue weighted by Crippen LogP contribution is 2.50. The Balaban J connectivity index is 0.00000353. The van der Waals surface area contributed by atoms with E-state index in [2.05, 4.69) is 4.90 Å². The summed E-state index contributed by atoms with van der Waals surface area (Å²) in [5, 5.41) is 13.4. The number of hydrogen-bond donors (Lipinski definition) is 1. The largest absolute Gasteiger partial charge is 0.382 e. The summed E-state index contributed by atoms with van der Waals surface area (Å²) >= 11 is 12.8. The van der Waals surface area contributed by atoms with Gasteiger partial charge in [-0.3, -0.25) is 4.79 Å². The maximum atomic E-state index is 13.6. The molecule has 0 aromatic heterocycles. The predicted molar refractivity (Wildman–Crippen MR) is 159 cm³/mol. The summed E-state index contributed by atoms with van der Waals surface area (Å²) in [6.07, 6.45) is 3.94. The number of piperidine rings is 2. The molecule has 2 aliphatic rings. The van der Waals surface area contributed by atoms with Crippen molar-refractivity contribution >= 4 is 41.5 Å². The second-order valence-electron chi connectivity index (χ2n) is 10.3. The summed E-state index contributed by atoms with van der Waals surface area (Å²) in [5.74, 6) is -0.0928.